The molecule has 3 N–H and O–H groups in total. The van der Waals surface area contributed by atoms with Gasteiger partial charge in [0.25, 0.3) is 0 Å². The van der Waals surface area contributed by atoms with Crippen LogP contribution in [0.2, 0.25) is 0 Å². The average molecular weight is 1540 g/mol. The van der Waals surface area contributed by atoms with Gasteiger partial charge in [0.15, 0.2) is 12.2 Å². The summed E-state index contributed by atoms with van der Waals surface area (Å²) in [4.78, 5) is 73.2. The van der Waals surface area contributed by atoms with Crippen LogP contribution in [0.5, 0.6) is 0 Å². The molecule has 0 aromatic rings. The van der Waals surface area contributed by atoms with Crippen LogP contribution in [0, 0.1) is 23.7 Å². The van der Waals surface area contributed by atoms with Crippen LogP contribution in [0.1, 0.15) is 447 Å². The van der Waals surface area contributed by atoms with Crippen LogP contribution in [0.15, 0.2) is 0 Å². The van der Waals surface area contributed by atoms with E-state index in [1.807, 2.05) is 0 Å². The van der Waals surface area contributed by atoms with Gasteiger partial charge in [0.1, 0.15) is 19.3 Å². The molecule has 105 heavy (non-hydrogen) atoms. The number of aliphatic hydroxyl groups is 1. The Bertz CT molecular complexity index is 2040. The van der Waals surface area contributed by atoms with Crippen molar-refractivity contribution in [3.05, 3.63) is 0 Å². The molecule has 0 heterocycles. The molecular formula is C86H168O17P2. The summed E-state index contributed by atoms with van der Waals surface area (Å²) in [6.07, 6.45) is 64.1. The predicted octanol–water partition coefficient (Wildman–Crippen LogP) is 25.9. The first kappa shape index (κ1) is 103. The second kappa shape index (κ2) is 74.8. The second-order valence-electron chi connectivity index (χ2n) is 32.8. The van der Waals surface area contributed by atoms with Crippen molar-refractivity contribution in [1.82, 2.24) is 0 Å². The molecule has 17 nitrogen and oxygen atoms in total. The lowest BCUT2D eigenvalue weighted by Crippen LogP contribution is -2.30. The lowest BCUT2D eigenvalue weighted by molar-refractivity contribution is -0.161. The lowest BCUT2D eigenvalue weighted by atomic mass is 10.0. The van der Waals surface area contributed by atoms with Gasteiger partial charge in [-0.2, -0.15) is 0 Å². The fraction of sp³-hybridized carbons (Fsp3) is 0.953. The molecule has 624 valence electrons. The molecule has 0 fully saturated rings. The molecule has 0 amide bonds. The number of carbonyl (C=O) groups is 4. The van der Waals surface area contributed by atoms with Crippen LogP contribution in [-0.2, 0) is 65.4 Å². The van der Waals surface area contributed by atoms with Gasteiger partial charge < -0.3 is 33.8 Å². The Labute approximate surface area is 645 Å². The van der Waals surface area contributed by atoms with Crippen molar-refractivity contribution in [2.75, 3.05) is 39.6 Å². The first-order valence-electron chi connectivity index (χ1n) is 44.2. The highest BCUT2D eigenvalue weighted by atomic mass is 31.2. The number of hydrogen-bond donors (Lipinski definition) is 3. The minimum Gasteiger partial charge on any atom is -0.462 e. The Kier molecular flexibility index (Phi) is 73.4. The van der Waals surface area contributed by atoms with E-state index in [4.69, 9.17) is 37.0 Å². The van der Waals surface area contributed by atoms with E-state index in [1.54, 1.807) is 0 Å². The number of esters is 4. The van der Waals surface area contributed by atoms with Crippen molar-refractivity contribution in [2.24, 2.45) is 23.7 Å². The fourth-order valence-corrected chi connectivity index (χ4v) is 14.9. The summed E-state index contributed by atoms with van der Waals surface area (Å²) in [5, 5.41) is 10.7. The zero-order valence-corrected chi connectivity index (χ0v) is 71.2. The Morgan fingerprint density at radius 3 is 0.590 bits per heavy atom. The van der Waals surface area contributed by atoms with E-state index < -0.39 is 97.5 Å². The van der Waals surface area contributed by atoms with Crippen molar-refractivity contribution in [3.8, 4) is 0 Å². The summed E-state index contributed by atoms with van der Waals surface area (Å²) in [6.45, 7) is 14.3. The van der Waals surface area contributed by atoms with Gasteiger partial charge in [-0.3, -0.25) is 37.3 Å². The SMILES string of the molecule is CC(C)CCCCCCCCCCCCCCCCCCCCC(=O)O[C@H](COC(=O)CCCCCCCCCCCCCCCCCC(C)C)COP(=O)(O)OCC(O)COP(=O)(O)OC[C@@H](COC(=O)CCCCCCCCC(C)C)OC(=O)CCCCCCCCCCCCCCCCC(C)C. The quantitative estimate of drug-likeness (QED) is 0.0222. The Morgan fingerprint density at radius 1 is 0.238 bits per heavy atom. The van der Waals surface area contributed by atoms with E-state index in [1.165, 1.54) is 244 Å². The van der Waals surface area contributed by atoms with Gasteiger partial charge in [0.05, 0.1) is 26.4 Å². The molecule has 0 aromatic heterocycles. The first-order chi connectivity index (χ1) is 50.6. The van der Waals surface area contributed by atoms with Gasteiger partial charge in [-0.15, -0.1) is 0 Å². The maximum absolute atomic E-state index is 13.1. The van der Waals surface area contributed by atoms with E-state index in [0.717, 1.165) is 114 Å². The second-order valence-corrected chi connectivity index (χ2v) is 35.7. The zero-order chi connectivity index (χ0) is 77.4. The van der Waals surface area contributed by atoms with Crippen molar-refractivity contribution in [1.29, 1.82) is 0 Å². The molecule has 0 rings (SSSR count). The Balaban J connectivity index is 5.21. The molecule has 0 saturated heterocycles. The number of ether oxygens (including phenoxy) is 4. The molecule has 0 bridgehead atoms. The highest BCUT2D eigenvalue weighted by Gasteiger charge is 2.30. The third-order valence-electron chi connectivity index (χ3n) is 20.1. The van der Waals surface area contributed by atoms with Gasteiger partial charge >= 0.3 is 39.5 Å². The number of unbranched alkanes of at least 4 members (excludes halogenated alkanes) is 49. The van der Waals surface area contributed by atoms with E-state index in [-0.39, 0.29) is 25.7 Å². The molecule has 0 saturated carbocycles. The van der Waals surface area contributed by atoms with Crippen LogP contribution in [0.3, 0.4) is 0 Å². The smallest absolute Gasteiger partial charge is 0.462 e. The third kappa shape index (κ3) is 79.9. The van der Waals surface area contributed by atoms with Gasteiger partial charge in [-0.05, 0) is 49.4 Å². The number of hydrogen-bond acceptors (Lipinski definition) is 15. The van der Waals surface area contributed by atoms with Crippen molar-refractivity contribution >= 4 is 39.5 Å². The fourth-order valence-electron chi connectivity index (χ4n) is 13.3. The van der Waals surface area contributed by atoms with Crippen LogP contribution in [0.25, 0.3) is 0 Å². The van der Waals surface area contributed by atoms with Gasteiger partial charge in [0, 0.05) is 25.7 Å². The molecule has 3 unspecified atom stereocenters. The third-order valence-corrected chi connectivity index (χ3v) is 22.0. The lowest BCUT2D eigenvalue weighted by Gasteiger charge is -2.21. The van der Waals surface area contributed by atoms with Gasteiger partial charge in [-0.25, -0.2) is 9.13 Å². The van der Waals surface area contributed by atoms with Crippen molar-refractivity contribution in [2.45, 2.75) is 465 Å². The average Bonchev–Trinajstić information content (AvgIpc) is 0.965. The number of rotatable bonds is 83. The van der Waals surface area contributed by atoms with E-state index in [9.17, 15) is 43.2 Å². The zero-order valence-electron chi connectivity index (χ0n) is 69.4. The molecule has 0 aromatic carbocycles. The monoisotopic (exact) mass is 1540 g/mol. The first-order valence-corrected chi connectivity index (χ1v) is 47.2. The highest BCUT2D eigenvalue weighted by Crippen LogP contribution is 2.45. The summed E-state index contributed by atoms with van der Waals surface area (Å²) in [5.41, 5.74) is 0. The number of phosphoric acid groups is 2. The van der Waals surface area contributed by atoms with E-state index in [2.05, 4.69) is 55.4 Å². The van der Waals surface area contributed by atoms with Gasteiger partial charge in [-0.1, -0.05) is 396 Å². The van der Waals surface area contributed by atoms with Crippen LogP contribution >= 0.6 is 15.6 Å². The summed E-state index contributed by atoms with van der Waals surface area (Å²) in [7, 11) is -9.93. The minimum atomic E-state index is -4.97. The van der Waals surface area contributed by atoms with Crippen LogP contribution < -0.4 is 0 Å². The van der Waals surface area contributed by atoms with Crippen LogP contribution in [0.4, 0.5) is 0 Å². The van der Waals surface area contributed by atoms with Gasteiger partial charge in [0.2, 0.25) is 0 Å². The molecule has 0 aliphatic carbocycles. The normalized spacial score (nSPS) is 13.9. The molecule has 5 atom stereocenters. The number of aliphatic hydroxyl groups excluding tert-OH is 1. The standard InChI is InChI=1S/C86H168O17P2/c1-76(2)62-54-46-38-32-26-20-14-11-9-10-12-16-24-30-36-42-52-60-68-85(90)102-81(72-96-83(88)66-58-50-41-35-29-23-17-13-15-21-27-33-39-47-55-63-77(3)4)74-100-104(92,93)98-70-80(87)71-99-105(94,95)101-75-82(73-97-84(89)67-59-51-45-44-49-57-65-79(7)8)103-86(91)69-61-53-43-37-31-25-19-18-22-28-34-40-48-56-64-78(5)6/h76-82,87H,9-75H2,1-8H3,(H,92,93)(H,94,95)/t80?,81-,82-/m1/s1. The Morgan fingerprint density at radius 2 is 0.400 bits per heavy atom. The van der Waals surface area contributed by atoms with Crippen molar-refractivity contribution < 1.29 is 80.2 Å². The molecular weight excluding hydrogens is 1370 g/mol. The summed E-state index contributed by atoms with van der Waals surface area (Å²) < 4.78 is 68.8. The summed E-state index contributed by atoms with van der Waals surface area (Å²) >= 11 is 0. The van der Waals surface area contributed by atoms with E-state index >= 15 is 0 Å². The highest BCUT2D eigenvalue weighted by molar-refractivity contribution is 7.47. The molecule has 0 spiro atoms. The molecule has 0 aliphatic rings. The number of carbonyl (C=O) groups excluding carboxylic acids is 4. The van der Waals surface area contributed by atoms with E-state index in [0.29, 0.717) is 31.6 Å². The predicted molar refractivity (Wildman–Crippen MR) is 432 cm³/mol. The molecule has 19 heteroatoms. The minimum absolute atomic E-state index is 0.106. The number of phosphoric ester groups is 2. The Hall–Kier alpha value is -1.94. The van der Waals surface area contributed by atoms with Crippen LogP contribution in [-0.4, -0.2) is 96.7 Å². The largest absolute Gasteiger partial charge is 0.472 e. The summed E-state index contributed by atoms with van der Waals surface area (Å²) in [5.74, 6) is 0.992. The topological polar surface area (TPSA) is 237 Å². The van der Waals surface area contributed by atoms with Crippen molar-refractivity contribution in [3.63, 3.8) is 0 Å². The molecule has 0 radical (unpaired) electrons. The maximum Gasteiger partial charge on any atom is 0.472 e. The molecule has 0 aliphatic heterocycles. The maximum atomic E-state index is 13.1. The summed E-state index contributed by atoms with van der Waals surface area (Å²) in [6, 6.07) is 0.